The number of nitrogens with zero attached hydrogens (tertiary/aromatic N) is 2. The number of benzene rings is 1. The molecule has 0 aliphatic heterocycles. The van der Waals surface area contributed by atoms with Gasteiger partial charge in [-0.3, -0.25) is 4.68 Å². The lowest BCUT2D eigenvalue weighted by Crippen LogP contribution is -2.05. The maximum atomic E-state index is 4.39. The molecular formula is C18H27N3. The summed E-state index contributed by atoms with van der Waals surface area (Å²) in [6.07, 6.45) is 2.08. The fourth-order valence-electron chi connectivity index (χ4n) is 2.59. The van der Waals surface area contributed by atoms with Crippen molar-refractivity contribution in [1.82, 2.24) is 9.78 Å². The van der Waals surface area contributed by atoms with Gasteiger partial charge >= 0.3 is 0 Å². The van der Waals surface area contributed by atoms with E-state index in [9.17, 15) is 0 Å². The third-order valence-corrected chi connectivity index (χ3v) is 3.95. The van der Waals surface area contributed by atoms with Crippen molar-refractivity contribution in [1.29, 1.82) is 0 Å². The van der Waals surface area contributed by atoms with E-state index in [-0.39, 0.29) is 0 Å². The maximum Gasteiger partial charge on any atom is 0.0643 e. The van der Waals surface area contributed by atoms with Crippen LogP contribution in [0.4, 0.5) is 5.69 Å². The predicted octanol–water partition coefficient (Wildman–Crippen LogP) is 4.59. The van der Waals surface area contributed by atoms with Crippen LogP contribution in [0.5, 0.6) is 0 Å². The van der Waals surface area contributed by atoms with Crippen LogP contribution >= 0.6 is 0 Å². The van der Waals surface area contributed by atoms with Gasteiger partial charge in [0.25, 0.3) is 0 Å². The molecule has 0 aliphatic rings. The van der Waals surface area contributed by atoms with E-state index >= 15 is 0 Å². The highest BCUT2D eigenvalue weighted by Gasteiger charge is 2.10. The van der Waals surface area contributed by atoms with Crippen LogP contribution in [0.15, 0.2) is 24.4 Å². The molecule has 2 rings (SSSR count). The van der Waals surface area contributed by atoms with Crippen molar-refractivity contribution in [3.05, 3.63) is 46.8 Å². The first-order chi connectivity index (χ1) is 9.88. The third-order valence-electron chi connectivity index (χ3n) is 3.95. The van der Waals surface area contributed by atoms with Crippen molar-refractivity contribution in [2.24, 2.45) is 7.05 Å². The van der Waals surface area contributed by atoms with E-state index in [0.29, 0.717) is 11.8 Å². The monoisotopic (exact) mass is 285 g/mol. The summed E-state index contributed by atoms with van der Waals surface area (Å²) in [5.41, 5.74) is 6.37. The van der Waals surface area contributed by atoms with E-state index in [0.717, 1.165) is 12.2 Å². The van der Waals surface area contributed by atoms with Crippen LogP contribution in [-0.4, -0.2) is 9.78 Å². The normalized spacial score (nSPS) is 11.4. The molecule has 0 spiro atoms. The molecule has 0 fully saturated rings. The first kappa shape index (κ1) is 15.6. The molecule has 114 valence electrons. The molecule has 1 heterocycles. The van der Waals surface area contributed by atoms with E-state index in [1.165, 1.54) is 22.4 Å². The molecule has 1 aromatic carbocycles. The molecule has 1 N–H and O–H groups in total. The number of aromatic nitrogens is 2. The Morgan fingerprint density at radius 2 is 1.86 bits per heavy atom. The van der Waals surface area contributed by atoms with Gasteiger partial charge in [0, 0.05) is 31.0 Å². The first-order valence-electron chi connectivity index (χ1n) is 7.75. The summed E-state index contributed by atoms with van der Waals surface area (Å²) >= 11 is 0. The predicted molar refractivity (Wildman–Crippen MR) is 89.9 cm³/mol. The molecule has 21 heavy (non-hydrogen) atoms. The van der Waals surface area contributed by atoms with Crippen LogP contribution in [0.1, 0.15) is 61.9 Å². The smallest absolute Gasteiger partial charge is 0.0643 e. The summed E-state index contributed by atoms with van der Waals surface area (Å²) in [7, 11) is 1.97. The molecule has 0 saturated heterocycles. The standard InChI is InChI=1S/C18H27N3/c1-12(2)15-7-8-18(17(9-15)13(3)4)19-10-16-11-21(6)20-14(16)5/h7-9,11-13,19H,10H2,1-6H3. The Labute approximate surface area is 128 Å². The van der Waals surface area contributed by atoms with Crippen LogP contribution in [0.2, 0.25) is 0 Å². The second-order valence-corrected chi connectivity index (χ2v) is 6.42. The van der Waals surface area contributed by atoms with Gasteiger partial charge in [-0.05, 0) is 36.0 Å². The molecule has 0 bridgehead atoms. The topological polar surface area (TPSA) is 29.9 Å². The van der Waals surface area contributed by atoms with Crippen molar-refractivity contribution in [3.8, 4) is 0 Å². The Morgan fingerprint density at radius 1 is 1.14 bits per heavy atom. The van der Waals surface area contributed by atoms with Crippen molar-refractivity contribution < 1.29 is 0 Å². The van der Waals surface area contributed by atoms with Gasteiger partial charge in [-0.15, -0.1) is 0 Å². The van der Waals surface area contributed by atoms with Crippen molar-refractivity contribution in [2.75, 3.05) is 5.32 Å². The van der Waals surface area contributed by atoms with Gasteiger partial charge in [-0.2, -0.15) is 5.10 Å². The minimum Gasteiger partial charge on any atom is -0.381 e. The summed E-state index contributed by atoms with van der Waals surface area (Å²) in [6.45, 7) is 11.9. The number of anilines is 1. The Kier molecular flexibility index (Phi) is 4.71. The van der Waals surface area contributed by atoms with Gasteiger partial charge in [-0.1, -0.05) is 39.8 Å². The molecule has 3 nitrogen and oxygen atoms in total. The van der Waals surface area contributed by atoms with Crippen LogP contribution in [0.3, 0.4) is 0 Å². The number of hydrogen-bond acceptors (Lipinski definition) is 2. The summed E-state index contributed by atoms with van der Waals surface area (Å²) in [5.74, 6) is 1.08. The number of rotatable bonds is 5. The second kappa shape index (κ2) is 6.33. The second-order valence-electron chi connectivity index (χ2n) is 6.42. The molecule has 0 radical (unpaired) electrons. The van der Waals surface area contributed by atoms with Gasteiger partial charge in [0.05, 0.1) is 5.69 Å². The van der Waals surface area contributed by atoms with E-state index < -0.39 is 0 Å². The first-order valence-corrected chi connectivity index (χ1v) is 7.75. The lowest BCUT2D eigenvalue weighted by Gasteiger charge is -2.17. The molecule has 0 unspecified atom stereocenters. The van der Waals surface area contributed by atoms with Gasteiger partial charge < -0.3 is 5.32 Å². The molecule has 2 aromatic rings. The van der Waals surface area contributed by atoms with Crippen LogP contribution < -0.4 is 5.32 Å². The summed E-state index contributed by atoms with van der Waals surface area (Å²) in [5, 5.41) is 7.97. The average Bonchev–Trinajstić information content (AvgIpc) is 2.74. The number of nitrogens with one attached hydrogen (secondary N) is 1. The quantitative estimate of drug-likeness (QED) is 0.871. The van der Waals surface area contributed by atoms with Gasteiger partial charge in [0.2, 0.25) is 0 Å². The molecule has 1 aromatic heterocycles. The van der Waals surface area contributed by atoms with E-state index in [1.807, 2.05) is 11.7 Å². The van der Waals surface area contributed by atoms with Crippen LogP contribution in [0.25, 0.3) is 0 Å². The van der Waals surface area contributed by atoms with Crippen molar-refractivity contribution >= 4 is 5.69 Å². The van der Waals surface area contributed by atoms with Gasteiger partial charge in [0.15, 0.2) is 0 Å². The van der Waals surface area contributed by atoms with Crippen molar-refractivity contribution in [2.45, 2.75) is 53.0 Å². The zero-order chi connectivity index (χ0) is 15.6. The zero-order valence-corrected chi connectivity index (χ0v) is 14.1. The van der Waals surface area contributed by atoms with Gasteiger partial charge in [0.1, 0.15) is 0 Å². The van der Waals surface area contributed by atoms with Crippen LogP contribution in [0, 0.1) is 6.92 Å². The minimum absolute atomic E-state index is 0.515. The molecule has 0 amide bonds. The Hall–Kier alpha value is -1.77. The minimum atomic E-state index is 0.515. The maximum absolute atomic E-state index is 4.39. The highest BCUT2D eigenvalue weighted by Crippen LogP contribution is 2.28. The SMILES string of the molecule is Cc1nn(C)cc1CNc1ccc(C(C)C)cc1C(C)C. The summed E-state index contributed by atoms with van der Waals surface area (Å²) < 4.78 is 1.87. The molecular weight excluding hydrogens is 258 g/mol. The fraction of sp³-hybridized carbons (Fsp3) is 0.500. The largest absolute Gasteiger partial charge is 0.381 e. The Bertz CT molecular complexity index is 609. The van der Waals surface area contributed by atoms with Gasteiger partial charge in [-0.25, -0.2) is 0 Å². The van der Waals surface area contributed by atoms with E-state index in [4.69, 9.17) is 0 Å². The lowest BCUT2D eigenvalue weighted by atomic mass is 9.94. The average molecular weight is 285 g/mol. The van der Waals surface area contributed by atoms with Crippen molar-refractivity contribution in [3.63, 3.8) is 0 Å². The summed E-state index contributed by atoms with van der Waals surface area (Å²) in [4.78, 5) is 0. The highest BCUT2D eigenvalue weighted by atomic mass is 15.2. The Balaban J connectivity index is 2.21. The van der Waals surface area contributed by atoms with E-state index in [1.54, 1.807) is 0 Å². The van der Waals surface area contributed by atoms with E-state index in [2.05, 4.69) is 69.4 Å². The summed E-state index contributed by atoms with van der Waals surface area (Å²) in [6, 6.07) is 6.79. The van der Waals surface area contributed by atoms with Crippen LogP contribution in [-0.2, 0) is 13.6 Å². The Morgan fingerprint density at radius 3 is 2.38 bits per heavy atom. The lowest BCUT2D eigenvalue weighted by molar-refractivity contribution is 0.756. The third kappa shape index (κ3) is 3.66. The zero-order valence-electron chi connectivity index (χ0n) is 14.1. The number of aryl methyl sites for hydroxylation is 2. The molecule has 0 saturated carbocycles. The molecule has 0 aliphatic carbocycles. The number of hydrogen-bond donors (Lipinski definition) is 1. The highest BCUT2D eigenvalue weighted by molar-refractivity contribution is 5.55. The molecule has 0 atom stereocenters. The fourth-order valence-corrected chi connectivity index (χ4v) is 2.59. The molecule has 3 heteroatoms.